The van der Waals surface area contributed by atoms with E-state index in [1.54, 1.807) is 30.3 Å². The molecule has 2 N–H and O–H groups in total. The average molecular weight is 246 g/mol. The summed E-state index contributed by atoms with van der Waals surface area (Å²) in [6.07, 6.45) is 0.981. The number of carbonyl (C=O) groups excluding carboxylic acids is 1. The van der Waals surface area contributed by atoms with Crippen LogP contribution in [0.1, 0.15) is 29.6 Å². The van der Waals surface area contributed by atoms with Gasteiger partial charge in [-0.1, -0.05) is 18.2 Å². The van der Waals surface area contributed by atoms with Crippen molar-refractivity contribution in [3.8, 4) is 6.07 Å². The lowest BCUT2D eigenvalue weighted by molar-refractivity contribution is -0.139. The Labute approximate surface area is 105 Å². The minimum atomic E-state index is -1.09. The van der Waals surface area contributed by atoms with Crippen LogP contribution < -0.4 is 5.32 Å². The van der Waals surface area contributed by atoms with Gasteiger partial charge in [-0.15, -0.1) is 0 Å². The van der Waals surface area contributed by atoms with Gasteiger partial charge in [-0.25, -0.2) is 4.79 Å². The predicted octanol–water partition coefficient (Wildman–Crippen LogP) is 1.56. The van der Waals surface area contributed by atoms with Crippen LogP contribution in [-0.2, 0) is 4.79 Å². The quantitative estimate of drug-likeness (QED) is 0.745. The first kappa shape index (κ1) is 13.7. The molecular formula is C13H14N2O3. The van der Waals surface area contributed by atoms with Crippen molar-refractivity contribution in [2.75, 3.05) is 0 Å². The Morgan fingerprint density at radius 2 is 2.00 bits per heavy atom. The number of benzene rings is 1. The Hall–Kier alpha value is -2.35. The van der Waals surface area contributed by atoms with Crippen molar-refractivity contribution in [2.45, 2.75) is 25.3 Å². The highest BCUT2D eigenvalue weighted by atomic mass is 16.4. The van der Waals surface area contributed by atoms with Crippen molar-refractivity contribution in [1.29, 1.82) is 5.26 Å². The van der Waals surface area contributed by atoms with Crippen molar-refractivity contribution in [3.05, 3.63) is 35.9 Å². The summed E-state index contributed by atoms with van der Waals surface area (Å²) in [6, 6.07) is 9.41. The summed E-state index contributed by atoms with van der Waals surface area (Å²) in [4.78, 5) is 22.7. The molecular weight excluding hydrogens is 232 g/mol. The van der Waals surface area contributed by atoms with Gasteiger partial charge in [-0.05, 0) is 25.0 Å². The number of nitriles is 1. The first-order valence-electron chi connectivity index (χ1n) is 5.61. The van der Waals surface area contributed by atoms with Crippen LogP contribution in [0, 0.1) is 11.3 Å². The summed E-state index contributed by atoms with van der Waals surface area (Å²) >= 11 is 0. The van der Waals surface area contributed by atoms with Gasteiger partial charge in [0.25, 0.3) is 5.91 Å². The minimum Gasteiger partial charge on any atom is -0.480 e. The molecule has 1 aromatic rings. The molecule has 0 fully saturated rings. The zero-order valence-electron chi connectivity index (χ0n) is 9.80. The van der Waals surface area contributed by atoms with Crippen LogP contribution in [0.25, 0.3) is 0 Å². The Balaban J connectivity index is 2.59. The third-order valence-electron chi connectivity index (χ3n) is 2.42. The molecule has 0 saturated carbocycles. The monoisotopic (exact) mass is 246 g/mol. The fraction of sp³-hybridized carbons (Fsp3) is 0.308. The molecule has 1 rings (SSSR count). The molecule has 1 atom stereocenters. The van der Waals surface area contributed by atoms with Crippen molar-refractivity contribution in [2.24, 2.45) is 0 Å². The van der Waals surface area contributed by atoms with Crippen LogP contribution in [0.4, 0.5) is 0 Å². The number of rotatable bonds is 6. The van der Waals surface area contributed by atoms with Crippen LogP contribution in [0.2, 0.25) is 0 Å². The summed E-state index contributed by atoms with van der Waals surface area (Å²) in [6.45, 7) is 0. The van der Waals surface area contributed by atoms with E-state index in [0.29, 0.717) is 12.0 Å². The zero-order chi connectivity index (χ0) is 13.4. The standard InChI is InChI=1S/C13H14N2O3/c14-9-5-4-8-11(13(17)18)15-12(16)10-6-2-1-3-7-10/h1-3,6-7,11H,4-5,8H2,(H,15,16)(H,17,18)/t11-/m0/s1. The Bertz CT molecular complexity index is 451. The van der Waals surface area contributed by atoms with E-state index in [1.807, 2.05) is 6.07 Å². The number of nitrogens with one attached hydrogen (secondary N) is 1. The molecule has 0 aliphatic heterocycles. The van der Waals surface area contributed by atoms with Crippen molar-refractivity contribution in [3.63, 3.8) is 0 Å². The second-order valence-electron chi connectivity index (χ2n) is 3.78. The van der Waals surface area contributed by atoms with Gasteiger partial charge in [0.05, 0.1) is 6.07 Å². The average Bonchev–Trinajstić information content (AvgIpc) is 2.38. The SMILES string of the molecule is N#CCCC[C@H](NC(=O)c1ccccc1)C(=O)O. The number of amides is 1. The molecule has 0 saturated heterocycles. The van der Waals surface area contributed by atoms with Gasteiger partial charge < -0.3 is 10.4 Å². The molecule has 1 aromatic carbocycles. The summed E-state index contributed by atoms with van der Waals surface area (Å²) in [7, 11) is 0. The molecule has 0 heterocycles. The highest BCUT2D eigenvalue weighted by Crippen LogP contribution is 2.04. The van der Waals surface area contributed by atoms with Crippen molar-refractivity contribution in [1.82, 2.24) is 5.32 Å². The van der Waals surface area contributed by atoms with E-state index >= 15 is 0 Å². The third kappa shape index (κ3) is 4.26. The lowest BCUT2D eigenvalue weighted by Crippen LogP contribution is -2.40. The second kappa shape index (κ2) is 7.07. The van der Waals surface area contributed by atoms with Crippen LogP contribution >= 0.6 is 0 Å². The molecule has 0 bridgehead atoms. The molecule has 0 spiro atoms. The normalized spacial score (nSPS) is 11.3. The Kier molecular flexibility index (Phi) is 5.39. The molecule has 5 nitrogen and oxygen atoms in total. The van der Waals surface area contributed by atoms with E-state index in [1.165, 1.54) is 0 Å². The maximum absolute atomic E-state index is 11.8. The first-order chi connectivity index (χ1) is 8.65. The predicted molar refractivity (Wildman–Crippen MR) is 64.8 cm³/mol. The molecule has 0 aliphatic rings. The molecule has 1 amide bonds. The summed E-state index contributed by atoms with van der Waals surface area (Å²) < 4.78 is 0. The lowest BCUT2D eigenvalue weighted by atomic mass is 10.1. The lowest BCUT2D eigenvalue weighted by Gasteiger charge is -2.13. The Morgan fingerprint density at radius 1 is 1.33 bits per heavy atom. The largest absolute Gasteiger partial charge is 0.480 e. The number of hydrogen-bond donors (Lipinski definition) is 2. The summed E-state index contributed by atoms with van der Waals surface area (Å²) in [5.41, 5.74) is 0.420. The topological polar surface area (TPSA) is 90.2 Å². The maximum Gasteiger partial charge on any atom is 0.326 e. The fourth-order valence-corrected chi connectivity index (χ4v) is 1.47. The molecule has 0 aliphatic carbocycles. The molecule has 0 radical (unpaired) electrons. The van der Waals surface area contributed by atoms with Crippen LogP contribution in [0.3, 0.4) is 0 Å². The minimum absolute atomic E-state index is 0.251. The van der Waals surface area contributed by atoms with Crippen LogP contribution in [0.15, 0.2) is 30.3 Å². The van der Waals surface area contributed by atoms with Gasteiger partial charge in [-0.2, -0.15) is 5.26 Å². The number of aliphatic carboxylic acids is 1. The van der Waals surface area contributed by atoms with Crippen LogP contribution in [0.5, 0.6) is 0 Å². The molecule has 0 unspecified atom stereocenters. The van der Waals surface area contributed by atoms with Gasteiger partial charge in [0.1, 0.15) is 6.04 Å². The van der Waals surface area contributed by atoms with Gasteiger partial charge in [0.2, 0.25) is 0 Å². The van der Waals surface area contributed by atoms with E-state index in [0.717, 1.165) is 0 Å². The maximum atomic E-state index is 11.8. The fourth-order valence-electron chi connectivity index (χ4n) is 1.47. The third-order valence-corrected chi connectivity index (χ3v) is 2.42. The van der Waals surface area contributed by atoms with E-state index in [2.05, 4.69) is 5.32 Å². The summed E-state index contributed by atoms with van der Waals surface area (Å²) in [5, 5.41) is 19.8. The van der Waals surface area contributed by atoms with Gasteiger partial charge in [-0.3, -0.25) is 4.79 Å². The molecule has 0 aromatic heterocycles. The van der Waals surface area contributed by atoms with Gasteiger partial charge >= 0.3 is 5.97 Å². The highest BCUT2D eigenvalue weighted by molar-refractivity contribution is 5.96. The second-order valence-corrected chi connectivity index (χ2v) is 3.78. The number of carboxylic acid groups (broad SMARTS) is 1. The van der Waals surface area contributed by atoms with Crippen molar-refractivity contribution < 1.29 is 14.7 Å². The first-order valence-corrected chi connectivity index (χ1v) is 5.61. The number of carboxylic acids is 1. The molecule has 5 heteroatoms. The zero-order valence-corrected chi connectivity index (χ0v) is 9.80. The highest BCUT2D eigenvalue weighted by Gasteiger charge is 2.19. The van der Waals surface area contributed by atoms with E-state index in [4.69, 9.17) is 10.4 Å². The number of nitrogens with zero attached hydrogens (tertiary/aromatic N) is 1. The number of carbonyl (C=O) groups is 2. The number of hydrogen-bond acceptors (Lipinski definition) is 3. The van der Waals surface area contributed by atoms with E-state index in [9.17, 15) is 9.59 Å². The van der Waals surface area contributed by atoms with E-state index in [-0.39, 0.29) is 12.8 Å². The molecule has 94 valence electrons. The number of unbranched alkanes of at least 4 members (excludes halogenated alkanes) is 1. The van der Waals surface area contributed by atoms with Gasteiger partial charge in [0.15, 0.2) is 0 Å². The smallest absolute Gasteiger partial charge is 0.326 e. The van der Waals surface area contributed by atoms with Gasteiger partial charge in [0, 0.05) is 12.0 Å². The summed E-state index contributed by atoms with van der Waals surface area (Å²) in [5.74, 6) is -1.50. The van der Waals surface area contributed by atoms with Crippen molar-refractivity contribution >= 4 is 11.9 Å². The van der Waals surface area contributed by atoms with E-state index < -0.39 is 17.9 Å². The van der Waals surface area contributed by atoms with Crippen LogP contribution in [-0.4, -0.2) is 23.0 Å². The Morgan fingerprint density at radius 3 is 2.56 bits per heavy atom. The molecule has 18 heavy (non-hydrogen) atoms.